The van der Waals surface area contributed by atoms with Crippen LogP contribution in [0.1, 0.15) is 13.3 Å². The molecule has 0 aromatic carbocycles. The molecule has 0 heterocycles. The fourth-order valence-corrected chi connectivity index (χ4v) is 0.970. The molecule has 0 amide bonds. The summed E-state index contributed by atoms with van der Waals surface area (Å²) in [6.07, 6.45) is -3.45. The lowest BCUT2D eigenvalue weighted by Gasteiger charge is -2.27. The summed E-state index contributed by atoms with van der Waals surface area (Å²) in [5.74, 6) is -1.71. The summed E-state index contributed by atoms with van der Waals surface area (Å²) in [6, 6.07) is 0. The van der Waals surface area contributed by atoms with E-state index in [1.54, 1.807) is 0 Å². The molecule has 2 N–H and O–H groups in total. The molecule has 0 aromatic heterocycles. The first-order valence-corrected chi connectivity index (χ1v) is 4.00. The minimum Gasteiger partial charge on any atom is -0.479 e. The van der Waals surface area contributed by atoms with Gasteiger partial charge in [0.25, 0.3) is 0 Å². The summed E-state index contributed by atoms with van der Waals surface area (Å²) < 4.78 is 22.4. The molecule has 0 saturated heterocycles. The number of methoxy groups -OCH3 is 2. The van der Waals surface area contributed by atoms with E-state index in [0.29, 0.717) is 0 Å². The topological polar surface area (TPSA) is 76.0 Å². The normalized spacial score (nSPS) is 17.9. The smallest absolute Gasteiger partial charge is 0.341 e. The second-order valence-electron chi connectivity index (χ2n) is 3.16. The fraction of sp³-hybridized carbons (Fsp3) is 0.875. The van der Waals surface area contributed by atoms with E-state index < -0.39 is 24.0 Å². The van der Waals surface area contributed by atoms with Gasteiger partial charge in [0, 0.05) is 20.6 Å². The predicted octanol–water partition coefficient (Wildman–Crippen LogP) is 0.169. The number of hydrogen-bond donors (Lipinski definition) is 2. The third-order valence-corrected chi connectivity index (χ3v) is 1.87. The van der Waals surface area contributed by atoms with Crippen molar-refractivity contribution in [3.63, 3.8) is 0 Å². The maximum atomic E-state index is 13.0. The van der Waals surface area contributed by atoms with E-state index in [0.717, 1.165) is 6.92 Å². The predicted molar refractivity (Wildman–Crippen MR) is 45.6 cm³/mol. The van der Waals surface area contributed by atoms with Crippen LogP contribution >= 0.6 is 0 Å². The van der Waals surface area contributed by atoms with Gasteiger partial charge in [-0.3, -0.25) is 0 Å². The highest BCUT2D eigenvalue weighted by molar-refractivity contribution is 5.73. The van der Waals surface area contributed by atoms with Gasteiger partial charge in [-0.15, -0.1) is 0 Å². The molecule has 0 radical (unpaired) electrons. The zero-order valence-corrected chi connectivity index (χ0v) is 8.36. The number of carbonyl (C=O) groups is 1. The molecular formula is C8H15FO5. The van der Waals surface area contributed by atoms with Crippen LogP contribution in [-0.4, -0.2) is 48.5 Å². The molecule has 0 aliphatic carbocycles. The Bertz CT molecular complexity index is 190. The van der Waals surface area contributed by atoms with Crippen LogP contribution in [0.4, 0.5) is 4.39 Å². The van der Waals surface area contributed by atoms with E-state index in [2.05, 4.69) is 0 Å². The molecule has 6 heteroatoms. The molecule has 0 bridgehead atoms. The highest BCUT2D eigenvalue weighted by atomic mass is 19.1. The van der Waals surface area contributed by atoms with Gasteiger partial charge in [-0.1, -0.05) is 0 Å². The summed E-state index contributed by atoms with van der Waals surface area (Å²) in [5, 5.41) is 17.8. The molecule has 0 aliphatic rings. The number of carboxylic acids is 1. The lowest BCUT2D eigenvalue weighted by atomic mass is 9.96. The average molecular weight is 210 g/mol. The summed E-state index contributed by atoms with van der Waals surface area (Å²) in [6.45, 7) is 1.08. The highest BCUT2D eigenvalue weighted by Gasteiger charge is 2.40. The van der Waals surface area contributed by atoms with Crippen molar-refractivity contribution in [3.05, 3.63) is 0 Å². The fourth-order valence-electron chi connectivity index (χ4n) is 0.970. The van der Waals surface area contributed by atoms with Crippen molar-refractivity contribution in [3.8, 4) is 0 Å². The Morgan fingerprint density at radius 1 is 1.50 bits per heavy atom. The van der Waals surface area contributed by atoms with Crippen LogP contribution in [0.3, 0.4) is 0 Å². The van der Waals surface area contributed by atoms with Crippen molar-refractivity contribution in [2.45, 2.75) is 31.4 Å². The standard InChI is InChI=1S/C8H15FO5/c1-8(12,6(9)7(10)11)4-5(13-2)14-3/h5-6,12H,4H2,1-3H3,(H,10,11). The van der Waals surface area contributed by atoms with E-state index in [9.17, 15) is 14.3 Å². The first-order chi connectivity index (χ1) is 6.35. The van der Waals surface area contributed by atoms with Gasteiger partial charge in [0.05, 0.1) is 0 Å². The van der Waals surface area contributed by atoms with Crippen molar-refractivity contribution in [1.82, 2.24) is 0 Å². The molecule has 14 heavy (non-hydrogen) atoms. The van der Waals surface area contributed by atoms with E-state index in [4.69, 9.17) is 14.6 Å². The van der Waals surface area contributed by atoms with Crippen molar-refractivity contribution < 1.29 is 28.9 Å². The molecule has 0 rings (SSSR count). The molecule has 0 aromatic rings. The Morgan fingerprint density at radius 3 is 2.21 bits per heavy atom. The van der Waals surface area contributed by atoms with Crippen molar-refractivity contribution in [2.24, 2.45) is 0 Å². The average Bonchev–Trinajstić information content (AvgIpc) is 2.12. The molecule has 2 atom stereocenters. The maximum Gasteiger partial charge on any atom is 0.341 e. The summed E-state index contributed by atoms with van der Waals surface area (Å²) >= 11 is 0. The molecule has 84 valence electrons. The van der Waals surface area contributed by atoms with Crippen LogP contribution in [0.15, 0.2) is 0 Å². The van der Waals surface area contributed by atoms with Crippen molar-refractivity contribution >= 4 is 5.97 Å². The molecule has 5 nitrogen and oxygen atoms in total. The number of aliphatic hydroxyl groups is 1. The van der Waals surface area contributed by atoms with E-state index in [1.807, 2.05) is 0 Å². The largest absolute Gasteiger partial charge is 0.479 e. The van der Waals surface area contributed by atoms with Gasteiger partial charge < -0.3 is 19.7 Å². The van der Waals surface area contributed by atoms with Crippen LogP contribution in [-0.2, 0) is 14.3 Å². The van der Waals surface area contributed by atoms with Gasteiger partial charge in [-0.25, -0.2) is 9.18 Å². The zero-order chi connectivity index (χ0) is 11.4. The molecular weight excluding hydrogens is 195 g/mol. The first-order valence-electron chi connectivity index (χ1n) is 4.00. The molecule has 0 fully saturated rings. The number of halogens is 1. The third-order valence-electron chi connectivity index (χ3n) is 1.87. The number of rotatable bonds is 6. The Morgan fingerprint density at radius 2 is 1.93 bits per heavy atom. The quantitative estimate of drug-likeness (QED) is 0.611. The lowest BCUT2D eigenvalue weighted by Crippen LogP contribution is -2.44. The zero-order valence-electron chi connectivity index (χ0n) is 8.36. The number of hydrogen-bond acceptors (Lipinski definition) is 4. The van der Waals surface area contributed by atoms with Crippen LogP contribution in [0, 0.1) is 0 Å². The van der Waals surface area contributed by atoms with E-state index >= 15 is 0 Å². The Hall–Kier alpha value is -0.720. The first kappa shape index (κ1) is 13.3. The van der Waals surface area contributed by atoms with Gasteiger partial charge in [-0.2, -0.15) is 0 Å². The molecule has 0 spiro atoms. The second-order valence-corrected chi connectivity index (χ2v) is 3.16. The summed E-state index contributed by atoms with van der Waals surface area (Å²) in [4.78, 5) is 10.3. The highest BCUT2D eigenvalue weighted by Crippen LogP contribution is 2.21. The van der Waals surface area contributed by atoms with Crippen LogP contribution in [0.25, 0.3) is 0 Å². The van der Waals surface area contributed by atoms with Gasteiger partial charge in [0.1, 0.15) is 5.60 Å². The van der Waals surface area contributed by atoms with Crippen molar-refractivity contribution in [1.29, 1.82) is 0 Å². The number of alkyl halides is 1. The lowest BCUT2D eigenvalue weighted by molar-refractivity contribution is -0.171. The summed E-state index contributed by atoms with van der Waals surface area (Å²) in [7, 11) is 2.64. The van der Waals surface area contributed by atoms with Crippen LogP contribution in [0.5, 0.6) is 0 Å². The molecule has 2 unspecified atom stereocenters. The minimum absolute atomic E-state index is 0.256. The second kappa shape index (κ2) is 5.23. The molecule has 0 aliphatic heterocycles. The van der Waals surface area contributed by atoms with E-state index in [-0.39, 0.29) is 6.42 Å². The van der Waals surface area contributed by atoms with Crippen LogP contribution < -0.4 is 0 Å². The Labute approximate surface area is 81.4 Å². The maximum absolute atomic E-state index is 13.0. The monoisotopic (exact) mass is 210 g/mol. The van der Waals surface area contributed by atoms with Gasteiger partial charge in [0.15, 0.2) is 6.29 Å². The number of ether oxygens (including phenoxy) is 2. The minimum atomic E-state index is -2.37. The Kier molecular flexibility index (Phi) is 4.96. The van der Waals surface area contributed by atoms with Gasteiger partial charge in [0.2, 0.25) is 6.17 Å². The Balaban J connectivity index is 4.38. The number of aliphatic carboxylic acids is 1. The third kappa shape index (κ3) is 3.57. The van der Waals surface area contributed by atoms with E-state index in [1.165, 1.54) is 14.2 Å². The SMILES string of the molecule is COC(CC(C)(O)C(F)C(=O)O)OC. The molecule has 0 saturated carbocycles. The number of carboxylic acid groups (broad SMARTS) is 1. The van der Waals surface area contributed by atoms with Crippen LogP contribution in [0.2, 0.25) is 0 Å². The summed E-state index contributed by atoms with van der Waals surface area (Å²) in [5.41, 5.74) is -2.01. The van der Waals surface area contributed by atoms with Crippen molar-refractivity contribution in [2.75, 3.05) is 14.2 Å². The van der Waals surface area contributed by atoms with Gasteiger partial charge in [-0.05, 0) is 6.92 Å². The van der Waals surface area contributed by atoms with Gasteiger partial charge >= 0.3 is 5.97 Å².